The molecule has 1 heterocycles. The van der Waals surface area contributed by atoms with Crippen LogP contribution in [0.25, 0.3) is 11.0 Å². The van der Waals surface area contributed by atoms with Crippen molar-refractivity contribution in [3.8, 4) is 0 Å². The zero-order valence-corrected chi connectivity index (χ0v) is 10.9. The number of benzene rings is 1. The third-order valence-corrected chi connectivity index (χ3v) is 4.01. The molecule has 0 spiro atoms. The second-order valence-corrected chi connectivity index (χ2v) is 5.72. The number of hydrogen-bond donors (Lipinski definition) is 1. The van der Waals surface area contributed by atoms with E-state index in [2.05, 4.69) is 14.9 Å². The first-order valence-electron chi connectivity index (χ1n) is 7.21. The summed E-state index contributed by atoms with van der Waals surface area (Å²) >= 11 is 0. The number of nitrogens with zero attached hydrogens (tertiary/aromatic N) is 2. The maximum absolute atomic E-state index is 13.8. The minimum absolute atomic E-state index is 0.201. The number of imidazole rings is 1. The van der Waals surface area contributed by atoms with Crippen LogP contribution < -0.4 is 5.32 Å². The van der Waals surface area contributed by atoms with Gasteiger partial charge in [-0.15, -0.1) is 0 Å². The molecule has 0 aliphatic heterocycles. The Kier molecular flexibility index (Phi) is 2.58. The van der Waals surface area contributed by atoms with E-state index in [1.165, 1.54) is 31.7 Å². The summed E-state index contributed by atoms with van der Waals surface area (Å²) in [6, 6.07) is 6.53. The summed E-state index contributed by atoms with van der Waals surface area (Å²) in [7, 11) is 0. The standard InChI is InChI=1S/C15H18FN3/c16-12-2-1-3-13-15(12)18-14(19(13)11-6-7-11)8-9-17-10-4-5-10/h1-3,10-11,17H,4-9H2. The third-order valence-electron chi connectivity index (χ3n) is 4.01. The molecule has 0 atom stereocenters. The summed E-state index contributed by atoms with van der Waals surface area (Å²) in [6.07, 6.45) is 5.89. The Hall–Kier alpha value is -1.42. The number of fused-ring (bicyclic) bond motifs is 1. The second-order valence-electron chi connectivity index (χ2n) is 5.72. The van der Waals surface area contributed by atoms with Crippen molar-refractivity contribution >= 4 is 11.0 Å². The van der Waals surface area contributed by atoms with Gasteiger partial charge in [-0.1, -0.05) is 6.07 Å². The van der Waals surface area contributed by atoms with Crippen molar-refractivity contribution < 1.29 is 4.39 Å². The molecule has 19 heavy (non-hydrogen) atoms. The molecular formula is C15H18FN3. The molecular weight excluding hydrogens is 241 g/mol. The summed E-state index contributed by atoms with van der Waals surface area (Å²) < 4.78 is 16.1. The third kappa shape index (κ3) is 2.14. The van der Waals surface area contributed by atoms with Gasteiger partial charge < -0.3 is 9.88 Å². The lowest BCUT2D eigenvalue weighted by molar-refractivity contribution is 0.629. The van der Waals surface area contributed by atoms with E-state index in [-0.39, 0.29) is 5.82 Å². The van der Waals surface area contributed by atoms with Crippen LogP contribution in [0.2, 0.25) is 0 Å². The Morgan fingerprint density at radius 3 is 2.84 bits per heavy atom. The predicted molar refractivity (Wildman–Crippen MR) is 72.7 cm³/mol. The van der Waals surface area contributed by atoms with Crippen LogP contribution in [0.15, 0.2) is 18.2 Å². The van der Waals surface area contributed by atoms with Crippen molar-refractivity contribution in [2.24, 2.45) is 0 Å². The van der Waals surface area contributed by atoms with Gasteiger partial charge in [0.05, 0.1) is 5.52 Å². The van der Waals surface area contributed by atoms with Gasteiger partial charge in [0.15, 0.2) is 5.82 Å². The Morgan fingerprint density at radius 2 is 2.11 bits per heavy atom. The summed E-state index contributed by atoms with van der Waals surface area (Å²) in [4.78, 5) is 4.54. The minimum atomic E-state index is -0.201. The Labute approximate surface area is 111 Å². The van der Waals surface area contributed by atoms with Crippen LogP contribution in [-0.4, -0.2) is 22.1 Å². The number of halogens is 1. The van der Waals surface area contributed by atoms with Crippen LogP contribution in [0.3, 0.4) is 0 Å². The zero-order chi connectivity index (χ0) is 12.8. The molecule has 0 bridgehead atoms. The molecule has 0 radical (unpaired) electrons. The normalized spacial score (nSPS) is 19.2. The maximum atomic E-state index is 13.8. The van der Waals surface area contributed by atoms with E-state index in [0.717, 1.165) is 30.3 Å². The summed E-state index contributed by atoms with van der Waals surface area (Å²) in [5.74, 6) is 0.837. The van der Waals surface area contributed by atoms with E-state index in [0.29, 0.717) is 11.6 Å². The largest absolute Gasteiger partial charge is 0.325 e. The maximum Gasteiger partial charge on any atom is 0.151 e. The predicted octanol–water partition coefficient (Wildman–Crippen LogP) is 2.80. The molecule has 2 aromatic rings. The van der Waals surface area contributed by atoms with Crippen LogP contribution >= 0.6 is 0 Å². The van der Waals surface area contributed by atoms with Crippen LogP contribution in [0, 0.1) is 5.82 Å². The van der Waals surface area contributed by atoms with Gasteiger partial charge in [0.25, 0.3) is 0 Å². The van der Waals surface area contributed by atoms with E-state index >= 15 is 0 Å². The fourth-order valence-electron chi connectivity index (χ4n) is 2.72. The fourth-order valence-corrected chi connectivity index (χ4v) is 2.72. The highest BCUT2D eigenvalue weighted by atomic mass is 19.1. The minimum Gasteiger partial charge on any atom is -0.325 e. The monoisotopic (exact) mass is 259 g/mol. The van der Waals surface area contributed by atoms with Crippen molar-refractivity contribution in [1.29, 1.82) is 0 Å². The molecule has 1 N–H and O–H groups in total. The fraction of sp³-hybridized carbons (Fsp3) is 0.533. The first-order valence-corrected chi connectivity index (χ1v) is 7.21. The lowest BCUT2D eigenvalue weighted by atomic mass is 10.3. The molecule has 2 saturated carbocycles. The molecule has 4 heteroatoms. The van der Waals surface area contributed by atoms with Gasteiger partial charge in [-0.2, -0.15) is 0 Å². The summed E-state index contributed by atoms with van der Waals surface area (Å²) in [5.41, 5.74) is 1.50. The van der Waals surface area contributed by atoms with Gasteiger partial charge in [-0.3, -0.25) is 0 Å². The quantitative estimate of drug-likeness (QED) is 0.894. The smallest absolute Gasteiger partial charge is 0.151 e. The molecule has 2 fully saturated rings. The van der Waals surface area contributed by atoms with Crippen molar-refractivity contribution in [3.63, 3.8) is 0 Å². The Bertz CT molecular complexity index is 611. The molecule has 0 amide bonds. The zero-order valence-electron chi connectivity index (χ0n) is 10.9. The number of nitrogens with one attached hydrogen (secondary N) is 1. The molecule has 0 saturated heterocycles. The lowest BCUT2D eigenvalue weighted by Gasteiger charge is -2.08. The van der Waals surface area contributed by atoms with Crippen LogP contribution in [0.4, 0.5) is 4.39 Å². The highest BCUT2D eigenvalue weighted by Crippen LogP contribution is 2.39. The van der Waals surface area contributed by atoms with E-state index < -0.39 is 0 Å². The number of hydrogen-bond acceptors (Lipinski definition) is 2. The first-order chi connectivity index (χ1) is 9.33. The van der Waals surface area contributed by atoms with Gasteiger partial charge in [-0.25, -0.2) is 9.37 Å². The molecule has 2 aliphatic rings. The van der Waals surface area contributed by atoms with Gasteiger partial charge in [0.1, 0.15) is 11.3 Å². The first kappa shape index (κ1) is 11.4. The number of para-hydroxylation sites is 1. The van der Waals surface area contributed by atoms with E-state index in [4.69, 9.17) is 0 Å². The SMILES string of the molecule is Fc1cccc2c1nc(CCNC1CC1)n2C1CC1. The Balaban J connectivity index is 1.67. The highest BCUT2D eigenvalue weighted by Gasteiger charge is 2.29. The second kappa shape index (κ2) is 4.30. The van der Waals surface area contributed by atoms with Crippen molar-refractivity contribution in [1.82, 2.24) is 14.9 Å². The number of aromatic nitrogens is 2. The molecule has 0 unspecified atom stereocenters. The lowest BCUT2D eigenvalue weighted by Crippen LogP contribution is -2.20. The average Bonchev–Trinajstić information content (AvgIpc) is 3.29. The van der Waals surface area contributed by atoms with Crippen LogP contribution in [0.5, 0.6) is 0 Å². The molecule has 4 rings (SSSR count). The molecule has 1 aromatic heterocycles. The molecule has 3 nitrogen and oxygen atoms in total. The van der Waals surface area contributed by atoms with Crippen LogP contribution in [0.1, 0.15) is 37.5 Å². The van der Waals surface area contributed by atoms with Gasteiger partial charge >= 0.3 is 0 Å². The van der Waals surface area contributed by atoms with Gasteiger partial charge in [0, 0.05) is 25.0 Å². The van der Waals surface area contributed by atoms with Crippen LogP contribution in [-0.2, 0) is 6.42 Å². The summed E-state index contributed by atoms with van der Waals surface area (Å²) in [5, 5.41) is 3.50. The topological polar surface area (TPSA) is 29.9 Å². The number of rotatable bonds is 5. The van der Waals surface area contributed by atoms with Gasteiger partial charge in [-0.05, 0) is 37.8 Å². The molecule has 1 aromatic carbocycles. The van der Waals surface area contributed by atoms with Gasteiger partial charge in [0.2, 0.25) is 0 Å². The molecule has 2 aliphatic carbocycles. The van der Waals surface area contributed by atoms with Crippen molar-refractivity contribution in [2.75, 3.05) is 6.54 Å². The Morgan fingerprint density at radius 1 is 1.26 bits per heavy atom. The van der Waals surface area contributed by atoms with Crippen molar-refractivity contribution in [2.45, 2.75) is 44.2 Å². The average molecular weight is 259 g/mol. The highest BCUT2D eigenvalue weighted by molar-refractivity contribution is 5.77. The van der Waals surface area contributed by atoms with E-state index in [9.17, 15) is 4.39 Å². The molecule has 100 valence electrons. The van der Waals surface area contributed by atoms with Crippen molar-refractivity contribution in [3.05, 3.63) is 29.8 Å². The van der Waals surface area contributed by atoms with E-state index in [1.54, 1.807) is 6.07 Å². The summed E-state index contributed by atoms with van der Waals surface area (Å²) in [6.45, 7) is 0.947. The van der Waals surface area contributed by atoms with E-state index in [1.807, 2.05) is 6.07 Å².